The van der Waals surface area contributed by atoms with Crippen molar-refractivity contribution in [1.82, 2.24) is 20.1 Å². The van der Waals surface area contributed by atoms with E-state index in [1.165, 1.54) is 12.8 Å². The van der Waals surface area contributed by atoms with Crippen molar-refractivity contribution in [3.8, 4) is 0 Å². The molecule has 1 aliphatic rings. The van der Waals surface area contributed by atoms with E-state index in [-0.39, 0.29) is 0 Å². The van der Waals surface area contributed by atoms with Crippen molar-refractivity contribution in [2.75, 3.05) is 13.1 Å². The van der Waals surface area contributed by atoms with Crippen LogP contribution in [-0.4, -0.2) is 39.1 Å². The average Bonchev–Trinajstić information content (AvgIpc) is 2.84. The summed E-state index contributed by atoms with van der Waals surface area (Å²) < 4.78 is 0. The molecule has 0 amide bonds. The average molecular weight is 250 g/mol. The van der Waals surface area contributed by atoms with Crippen LogP contribution in [0.5, 0.6) is 0 Å². The number of piperidine rings is 1. The van der Waals surface area contributed by atoms with Gasteiger partial charge >= 0.3 is 0 Å². The molecule has 0 saturated carbocycles. The van der Waals surface area contributed by atoms with Crippen LogP contribution in [0.15, 0.2) is 4.99 Å². The number of guanidine groups is 1. The van der Waals surface area contributed by atoms with Crippen LogP contribution in [0.25, 0.3) is 0 Å². The molecule has 3 N–H and O–H groups in total. The number of likely N-dealkylation sites (tertiary alicyclic amines) is 1. The molecule has 1 aliphatic heterocycles. The van der Waals surface area contributed by atoms with Gasteiger partial charge in [-0.15, -0.1) is 0 Å². The fourth-order valence-electron chi connectivity index (χ4n) is 2.22. The maximum Gasteiger partial charge on any atom is 0.191 e. The van der Waals surface area contributed by atoms with Gasteiger partial charge in [0.05, 0.1) is 0 Å². The second-order valence-electron chi connectivity index (χ2n) is 4.92. The summed E-state index contributed by atoms with van der Waals surface area (Å²) in [5, 5.41) is 6.96. The molecule has 0 aliphatic carbocycles. The molecule has 0 spiro atoms. The molecule has 100 valence electrons. The highest BCUT2D eigenvalue weighted by atomic mass is 15.3. The minimum absolute atomic E-state index is 0.476. The van der Waals surface area contributed by atoms with E-state index < -0.39 is 0 Å². The fourth-order valence-corrected chi connectivity index (χ4v) is 2.22. The Morgan fingerprint density at radius 2 is 2.44 bits per heavy atom. The zero-order valence-corrected chi connectivity index (χ0v) is 11.2. The zero-order valence-electron chi connectivity index (χ0n) is 11.2. The van der Waals surface area contributed by atoms with Gasteiger partial charge in [0, 0.05) is 19.5 Å². The maximum absolute atomic E-state index is 6.01. The lowest BCUT2D eigenvalue weighted by molar-refractivity contribution is 0.270. The first-order valence-corrected chi connectivity index (χ1v) is 6.64. The summed E-state index contributed by atoms with van der Waals surface area (Å²) in [5.41, 5.74) is 6.01. The quantitative estimate of drug-likeness (QED) is 0.617. The number of aromatic nitrogens is 3. The van der Waals surface area contributed by atoms with Gasteiger partial charge in [-0.05, 0) is 18.8 Å². The molecule has 6 heteroatoms. The van der Waals surface area contributed by atoms with E-state index in [0.29, 0.717) is 18.4 Å². The number of nitrogens with one attached hydrogen (secondary N) is 1. The lowest BCUT2D eigenvalue weighted by Gasteiger charge is -2.31. The highest BCUT2D eigenvalue weighted by Crippen LogP contribution is 2.14. The fraction of sp³-hybridized carbons (Fsp3) is 0.750. The summed E-state index contributed by atoms with van der Waals surface area (Å²) in [6, 6.07) is 0. The van der Waals surface area contributed by atoms with Crippen LogP contribution in [0.4, 0.5) is 0 Å². The highest BCUT2D eigenvalue weighted by Gasteiger charge is 2.17. The third kappa shape index (κ3) is 3.21. The van der Waals surface area contributed by atoms with Crippen LogP contribution in [0.1, 0.15) is 38.3 Å². The van der Waals surface area contributed by atoms with E-state index in [0.717, 1.165) is 31.2 Å². The van der Waals surface area contributed by atoms with Crippen LogP contribution < -0.4 is 5.73 Å². The Hall–Kier alpha value is -1.59. The zero-order chi connectivity index (χ0) is 13.0. The molecule has 2 heterocycles. The number of aliphatic imine (C=N–C) groups is 1. The van der Waals surface area contributed by atoms with Crippen molar-refractivity contribution in [2.45, 2.75) is 39.7 Å². The largest absolute Gasteiger partial charge is 0.370 e. The lowest BCUT2D eigenvalue weighted by Crippen LogP contribution is -2.43. The molecule has 2 rings (SSSR count). The minimum atomic E-state index is 0.476. The molecule has 0 bridgehead atoms. The van der Waals surface area contributed by atoms with E-state index >= 15 is 0 Å². The lowest BCUT2D eigenvalue weighted by atomic mass is 10.0. The van der Waals surface area contributed by atoms with Gasteiger partial charge in [-0.25, -0.2) is 9.98 Å². The monoisotopic (exact) mass is 250 g/mol. The maximum atomic E-state index is 6.01. The normalized spacial score (nSPS) is 21.3. The summed E-state index contributed by atoms with van der Waals surface area (Å²) in [4.78, 5) is 10.9. The second kappa shape index (κ2) is 5.84. The predicted molar refractivity (Wildman–Crippen MR) is 71.1 cm³/mol. The van der Waals surface area contributed by atoms with Crippen molar-refractivity contribution in [3.63, 3.8) is 0 Å². The number of H-pyrrole nitrogens is 1. The van der Waals surface area contributed by atoms with Crippen molar-refractivity contribution in [1.29, 1.82) is 0 Å². The Kier molecular flexibility index (Phi) is 4.17. The van der Waals surface area contributed by atoms with Crippen molar-refractivity contribution in [2.24, 2.45) is 16.6 Å². The molecule has 1 aromatic rings. The van der Waals surface area contributed by atoms with Crippen molar-refractivity contribution >= 4 is 5.96 Å². The third-order valence-electron chi connectivity index (χ3n) is 3.27. The number of aromatic amines is 1. The van der Waals surface area contributed by atoms with Gasteiger partial charge in [0.2, 0.25) is 0 Å². The summed E-state index contributed by atoms with van der Waals surface area (Å²) in [6.45, 7) is 6.77. The first-order valence-electron chi connectivity index (χ1n) is 6.64. The van der Waals surface area contributed by atoms with Gasteiger partial charge in [-0.1, -0.05) is 13.8 Å². The molecule has 0 radical (unpaired) electrons. The number of hydrogen-bond donors (Lipinski definition) is 2. The second-order valence-corrected chi connectivity index (χ2v) is 4.92. The molecule has 1 atom stereocenters. The van der Waals surface area contributed by atoms with Crippen LogP contribution in [0, 0.1) is 5.92 Å². The molecule has 1 unspecified atom stereocenters. The van der Waals surface area contributed by atoms with E-state index in [1.54, 1.807) is 0 Å². The van der Waals surface area contributed by atoms with Gasteiger partial charge in [-0.2, -0.15) is 5.10 Å². The van der Waals surface area contributed by atoms with Crippen molar-refractivity contribution < 1.29 is 0 Å². The van der Waals surface area contributed by atoms with Crippen LogP contribution in [0.2, 0.25) is 0 Å². The van der Waals surface area contributed by atoms with Gasteiger partial charge in [0.15, 0.2) is 11.8 Å². The molecule has 1 saturated heterocycles. The minimum Gasteiger partial charge on any atom is -0.370 e. The Morgan fingerprint density at radius 3 is 3.11 bits per heavy atom. The number of aryl methyl sites for hydroxylation is 1. The van der Waals surface area contributed by atoms with E-state index in [9.17, 15) is 0 Å². The molecular formula is C12H22N6. The van der Waals surface area contributed by atoms with Gasteiger partial charge in [-0.3, -0.25) is 5.10 Å². The summed E-state index contributed by atoms with van der Waals surface area (Å²) in [5.74, 6) is 2.92. The summed E-state index contributed by atoms with van der Waals surface area (Å²) in [7, 11) is 0. The smallest absolute Gasteiger partial charge is 0.191 e. The van der Waals surface area contributed by atoms with Gasteiger partial charge in [0.25, 0.3) is 0 Å². The Balaban J connectivity index is 1.91. The van der Waals surface area contributed by atoms with Crippen LogP contribution in [0.3, 0.4) is 0 Å². The van der Waals surface area contributed by atoms with E-state index in [1.807, 2.05) is 6.92 Å². The Morgan fingerprint density at radius 1 is 1.61 bits per heavy atom. The standard InChI is InChI=1S/C12H22N6/c1-3-10-15-11(17-16-10)7-14-12(13)18-6-4-5-9(2)8-18/h9H,3-8H2,1-2H3,(H2,13,14)(H,15,16,17). The van der Waals surface area contributed by atoms with Crippen LogP contribution >= 0.6 is 0 Å². The molecule has 0 aromatic carbocycles. The highest BCUT2D eigenvalue weighted by molar-refractivity contribution is 5.78. The van der Waals surface area contributed by atoms with E-state index in [2.05, 4.69) is 32.0 Å². The molecule has 1 fully saturated rings. The topological polar surface area (TPSA) is 83.2 Å². The van der Waals surface area contributed by atoms with E-state index in [4.69, 9.17) is 5.73 Å². The first-order chi connectivity index (χ1) is 8.69. The SMILES string of the molecule is CCc1n[nH]c(CN=C(N)N2CCCC(C)C2)n1. The van der Waals surface area contributed by atoms with Gasteiger partial charge < -0.3 is 10.6 Å². The number of hydrogen-bond acceptors (Lipinski definition) is 3. The molecule has 1 aromatic heterocycles. The predicted octanol–water partition coefficient (Wildman–Crippen LogP) is 0.914. The number of nitrogens with two attached hydrogens (primary N) is 1. The van der Waals surface area contributed by atoms with Crippen LogP contribution in [-0.2, 0) is 13.0 Å². The Bertz CT molecular complexity index is 410. The molecular weight excluding hydrogens is 228 g/mol. The number of rotatable bonds is 3. The molecule has 18 heavy (non-hydrogen) atoms. The summed E-state index contributed by atoms with van der Waals surface area (Å²) >= 11 is 0. The summed E-state index contributed by atoms with van der Waals surface area (Å²) in [6.07, 6.45) is 3.31. The molecule has 6 nitrogen and oxygen atoms in total. The number of nitrogens with zero attached hydrogens (tertiary/aromatic N) is 4. The third-order valence-corrected chi connectivity index (χ3v) is 3.27. The van der Waals surface area contributed by atoms with Crippen molar-refractivity contribution in [3.05, 3.63) is 11.6 Å². The first kappa shape index (κ1) is 12.9. The van der Waals surface area contributed by atoms with Gasteiger partial charge in [0.1, 0.15) is 12.4 Å². The Labute approximate surface area is 108 Å².